The SMILES string of the molecule is N#CC1CC(F)(F)CN1C(=O)CNC(=O)c1ccncc1/C=C/c1ccc2c(c1)CCNC2. The van der Waals surface area contributed by atoms with E-state index in [1.54, 1.807) is 18.3 Å². The lowest BCUT2D eigenvalue weighted by molar-refractivity contribution is -0.131. The van der Waals surface area contributed by atoms with Crippen molar-refractivity contribution in [3.05, 3.63) is 64.5 Å². The minimum absolute atomic E-state index is 0.305. The molecule has 2 aromatic rings. The monoisotopic (exact) mass is 451 g/mol. The minimum Gasteiger partial charge on any atom is -0.343 e. The summed E-state index contributed by atoms with van der Waals surface area (Å²) in [6.45, 7) is 0.503. The van der Waals surface area contributed by atoms with E-state index in [2.05, 4.69) is 27.8 Å². The predicted molar refractivity (Wildman–Crippen MR) is 118 cm³/mol. The summed E-state index contributed by atoms with van der Waals surface area (Å²) in [5, 5.41) is 14.9. The Kier molecular flexibility index (Phi) is 6.47. The molecule has 1 aromatic heterocycles. The second kappa shape index (κ2) is 9.46. The number of carbonyl (C=O) groups is 2. The molecule has 1 aromatic carbocycles. The van der Waals surface area contributed by atoms with Gasteiger partial charge >= 0.3 is 0 Å². The van der Waals surface area contributed by atoms with Crippen LogP contribution in [0.2, 0.25) is 0 Å². The summed E-state index contributed by atoms with van der Waals surface area (Å²) in [7, 11) is 0. The van der Waals surface area contributed by atoms with Crippen LogP contribution in [0.5, 0.6) is 0 Å². The Labute approximate surface area is 190 Å². The first-order chi connectivity index (χ1) is 15.9. The smallest absolute Gasteiger partial charge is 0.268 e. The lowest BCUT2D eigenvalue weighted by atomic mass is 9.98. The highest BCUT2D eigenvalue weighted by molar-refractivity contribution is 6.00. The molecule has 2 aliphatic rings. The number of pyridine rings is 1. The molecule has 4 rings (SSSR count). The molecule has 3 heterocycles. The van der Waals surface area contributed by atoms with Gasteiger partial charge in [0, 0.05) is 36.5 Å². The Morgan fingerprint density at radius 3 is 2.97 bits per heavy atom. The molecule has 0 aliphatic carbocycles. The summed E-state index contributed by atoms with van der Waals surface area (Å²) < 4.78 is 27.2. The Hall–Kier alpha value is -3.64. The molecular weight excluding hydrogens is 428 g/mol. The van der Waals surface area contributed by atoms with Gasteiger partial charge in [-0.25, -0.2) is 8.78 Å². The molecule has 170 valence electrons. The van der Waals surface area contributed by atoms with E-state index in [4.69, 9.17) is 5.26 Å². The van der Waals surface area contributed by atoms with Gasteiger partial charge in [0.25, 0.3) is 11.8 Å². The minimum atomic E-state index is -3.10. The first-order valence-corrected chi connectivity index (χ1v) is 10.7. The van der Waals surface area contributed by atoms with Crippen molar-refractivity contribution < 1.29 is 18.4 Å². The van der Waals surface area contributed by atoms with E-state index in [0.29, 0.717) is 11.1 Å². The molecule has 2 amide bonds. The number of alkyl halides is 2. The number of nitrogens with zero attached hydrogens (tertiary/aromatic N) is 3. The van der Waals surface area contributed by atoms with Gasteiger partial charge in [0.15, 0.2) is 0 Å². The fourth-order valence-electron chi connectivity index (χ4n) is 4.08. The van der Waals surface area contributed by atoms with Gasteiger partial charge in [-0.1, -0.05) is 30.4 Å². The highest BCUT2D eigenvalue weighted by Gasteiger charge is 2.47. The van der Waals surface area contributed by atoms with Crippen molar-refractivity contribution in [2.24, 2.45) is 0 Å². The van der Waals surface area contributed by atoms with Gasteiger partial charge in [-0.05, 0) is 35.7 Å². The highest BCUT2D eigenvalue weighted by Crippen LogP contribution is 2.31. The quantitative estimate of drug-likeness (QED) is 0.728. The summed E-state index contributed by atoms with van der Waals surface area (Å²) >= 11 is 0. The standard InChI is InChI=1S/C24H23F2N5O2/c25-24(26)10-20(11-27)31(15-24)22(32)14-30-23(33)21-6-8-29-13-19(21)4-2-16-1-3-18-12-28-7-5-17(18)9-16/h1-4,6,8-9,13,20,28H,5,7,10,12,14-15H2,(H,30,33)/b4-2+. The average molecular weight is 451 g/mol. The average Bonchev–Trinajstić information content (AvgIpc) is 3.15. The third-order valence-corrected chi connectivity index (χ3v) is 5.81. The van der Waals surface area contributed by atoms with Crippen molar-refractivity contribution in [3.63, 3.8) is 0 Å². The van der Waals surface area contributed by atoms with Gasteiger partial charge in [-0.3, -0.25) is 14.6 Å². The van der Waals surface area contributed by atoms with Crippen molar-refractivity contribution >= 4 is 24.0 Å². The van der Waals surface area contributed by atoms with Crippen LogP contribution < -0.4 is 10.6 Å². The molecule has 0 spiro atoms. The van der Waals surface area contributed by atoms with Gasteiger partial charge in [-0.15, -0.1) is 0 Å². The van der Waals surface area contributed by atoms with Crippen LogP contribution >= 0.6 is 0 Å². The van der Waals surface area contributed by atoms with Gasteiger partial charge in [0.05, 0.1) is 19.2 Å². The number of rotatable bonds is 5. The van der Waals surface area contributed by atoms with Crippen LogP contribution in [0.3, 0.4) is 0 Å². The Morgan fingerprint density at radius 1 is 1.30 bits per heavy atom. The number of carbonyl (C=O) groups excluding carboxylic acids is 2. The molecule has 2 N–H and O–H groups in total. The Balaban J connectivity index is 1.43. The van der Waals surface area contributed by atoms with Gasteiger partial charge < -0.3 is 15.5 Å². The van der Waals surface area contributed by atoms with E-state index in [-0.39, 0.29) is 0 Å². The molecule has 1 fully saturated rings. The second-order valence-electron chi connectivity index (χ2n) is 8.16. The zero-order valence-corrected chi connectivity index (χ0v) is 17.9. The molecule has 1 saturated heterocycles. The van der Waals surface area contributed by atoms with Crippen LogP contribution in [0.25, 0.3) is 12.2 Å². The summed E-state index contributed by atoms with van der Waals surface area (Å²) in [4.78, 5) is 29.9. The van der Waals surface area contributed by atoms with E-state index in [1.165, 1.54) is 23.4 Å². The lowest BCUT2D eigenvalue weighted by Crippen LogP contribution is -2.43. The van der Waals surface area contributed by atoms with Crippen molar-refractivity contribution in [1.29, 1.82) is 5.26 Å². The number of amides is 2. The van der Waals surface area contributed by atoms with Crippen LogP contribution in [-0.2, 0) is 17.8 Å². The predicted octanol–water partition coefficient (Wildman–Crippen LogP) is 2.39. The zero-order valence-electron chi connectivity index (χ0n) is 17.9. The topological polar surface area (TPSA) is 98.1 Å². The third-order valence-electron chi connectivity index (χ3n) is 5.81. The summed E-state index contributed by atoms with van der Waals surface area (Å²) in [5.74, 6) is -4.35. The number of aromatic nitrogens is 1. The van der Waals surface area contributed by atoms with E-state index >= 15 is 0 Å². The molecule has 0 saturated carbocycles. The molecule has 0 bridgehead atoms. The molecule has 9 heteroatoms. The maximum atomic E-state index is 13.6. The molecule has 2 aliphatic heterocycles. The maximum absolute atomic E-state index is 13.6. The fraction of sp³-hybridized carbons (Fsp3) is 0.333. The van der Waals surface area contributed by atoms with Gasteiger partial charge in [0.2, 0.25) is 5.91 Å². The van der Waals surface area contributed by atoms with Crippen LogP contribution in [0, 0.1) is 11.3 Å². The normalized spacial score (nSPS) is 19.2. The number of hydrogen-bond acceptors (Lipinski definition) is 5. The lowest BCUT2D eigenvalue weighted by Gasteiger charge is -2.19. The van der Waals surface area contributed by atoms with Gasteiger partial charge in [-0.2, -0.15) is 5.26 Å². The second-order valence-corrected chi connectivity index (χ2v) is 8.16. The highest BCUT2D eigenvalue weighted by atomic mass is 19.3. The van der Waals surface area contributed by atoms with E-state index < -0.39 is 43.3 Å². The van der Waals surface area contributed by atoms with Gasteiger partial charge in [0.1, 0.15) is 6.04 Å². The first-order valence-electron chi connectivity index (χ1n) is 10.7. The molecule has 1 unspecified atom stereocenters. The molecule has 7 nitrogen and oxygen atoms in total. The Bertz CT molecular complexity index is 1140. The third kappa shape index (κ3) is 5.23. The number of nitriles is 1. The number of benzene rings is 1. The molecular formula is C24H23F2N5O2. The van der Waals surface area contributed by atoms with Crippen molar-refractivity contribution in [2.45, 2.75) is 31.4 Å². The van der Waals surface area contributed by atoms with E-state index in [0.717, 1.165) is 30.0 Å². The number of fused-ring (bicyclic) bond motifs is 1. The van der Waals surface area contributed by atoms with Crippen molar-refractivity contribution in [2.75, 3.05) is 19.6 Å². The largest absolute Gasteiger partial charge is 0.343 e. The first kappa shape index (κ1) is 22.6. The number of likely N-dealkylation sites (tertiary alicyclic amines) is 1. The van der Waals surface area contributed by atoms with Crippen molar-refractivity contribution in [1.82, 2.24) is 20.5 Å². The number of halogens is 2. The fourth-order valence-corrected chi connectivity index (χ4v) is 4.08. The summed E-state index contributed by atoms with van der Waals surface area (Å²) in [6, 6.07) is 8.27. The van der Waals surface area contributed by atoms with Crippen LogP contribution in [0.15, 0.2) is 36.7 Å². The van der Waals surface area contributed by atoms with Crippen LogP contribution in [-0.4, -0.2) is 53.3 Å². The Morgan fingerprint density at radius 2 is 2.15 bits per heavy atom. The van der Waals surface area contributed by atoms with Crippen LogP contribution in [0.1, 0.15) is 39.0 Å². The van der Waals surface area contributed by atoms with E-state index in [1.807, 2.05) is 12.1 Å². The van der Waals surface area contributed by atoms with Crippen LogP contribution in [0.4, 0.5) is 8.78 Å². The van der Waals surface area contributed by atoms with Crippen molar-refractivity contribution in [3.8, 4) is 6.07 Å². The van der Waals surface area contributed by atoms with E-state index in [9.17, 15) is 18.4 Å². The zero-order chi connectivity index (χ0) is 23.4. The summed E-state index contributed by atoms with van der Waals surface area (Å²) in [6.07, 6.45) is 6.95. The molecule has 33 heavy (non-hydrogen) atoms. The molecule has 1 atom stereocenters. The number of hydrogen-bond donors (Lipinski definition) is 2. The maximum Gasteiger partial charge on any atom is 0.268 e. The summed E-state index contributed by atoms with van der Waals surface area (Å²) in [5.41, 5.74) is 4.43. The molecule has 0 radical (unpaired) electrons. The number of nitrogens with one attached hydrogen (secondary N) is 2.